The molecular weight excluding hydrogens is 338 g/mol. The van der Waals surface area contributed by atoms with Crippen molar-refractivity contribution in [3.05, 3.63) is 47.8 Å². The van der Waals surface area contributed by atoms with Crippen molar-refractivity contribution in [2.45, 2.75) is 36.6 Å². The molecule has 2 aromatic rings. The molecule has 7 heteroatoms. The second-order valence-electron chi connectivity index (χ2n) is 6.68. The molecular formula is C18H21N3O3S. The Balaban J connectivity index is 1.70. The molecule has 0 saturated carbocycles. The van der Waals surface area contributed by atoms with E-state index in [9.17, 15) is 13.2 Å². The third-order valence-corrected chi connectivity index (χ3v) is 7.01. The van der Waals surface area contributed by atoms with Crippen molar-refractivity contribution < 1.29 is 13.2 Å². The van der Waals surface area contributed by atoms with Crippen LogP contribution in [0, 0.1) is 0 Å². The molecule has 6 nitrogen and oxygen atoms in total. The Kier molecular flexibility index (Phi) is 3.92. The maximum absolute atomic E-state index is 13.2. The zero-order valence-electron chi connectivity index (χ0n) is 14.1. The summed E-state index contributed by atoms with van der Waals surface area (Å²) < 4.78 is 30.1. The van der Waals surface area contributed by atoms with E-state index in [0.29, 0.717) is 24.3 Å². The van der Waals surface area contributed by atoms with Crippen LogP contribution in [0.25, 0.3) is 0 Å². The predicted molar refractivity (Wildman–Crippen MR) is 94.7 cm³/mol. The van der Waals surface area contributed by atoms with Gasteiger partial charge in [-0.3, -0.25) is 4.79 Å². The number of sulfonamides is 1. The van der Waals surface area contributed by atoms with E-state index in [4.69, 9.17) is 0 Å². The quantitative estimate of drug-likeness (QED) is 0.915. The van der Waals surface area contributed by atoms with Gasteiger partial charge in [0.2, 0.25) is 15.9 Å². The summed E-state index contributed by atoms with van der Waals surface area (Å²) in [5.41, 5.74) is 2.62. The van der Waals surface area contributed by atoms with Crippen molar-refractivity contribution in [3.8, 4) is 0 Å². The average Bonchev–Trinajstić information content (AvgIpc) is 3.22. The lowest BCUT2D eigenvalue weighted by molar-refractivity contribution is -0.116. The van der Waals surface area contributed by atoms with Gasteiger partial charge in [0.25, 0.3) is 0 Å². The molecule has 1 saturated heterocycles. The number of carbonyl (C=O) groups is 1. The summed E-state index contributed by atoms with van der Waals surface area (Å²) in [6.07, 6.45) is 4.60. The summed E-state index contributed by atoms with van der Waals surface area (Å²) in [4.78, 5) is 11.8. The van der Waals surface area contributed by atoms with Crippen LogP contribution in [0.15, 0.2) is 41.4 Å². The lowest BCUT2D eigenvalue weighted by atomic mass is 10.0. The lowest BCUT2D eigenvalue weighted by Gasteiger charge is -2.25. The van der Waals surface area contributed by atoms with E-state index in [1.54, 1.807) is 22.5 Å². The minimum absolute atomic E-state index is 0.0218. The number of hydrogen-bond acceptors (Lipinski definition) is 3. The topological polar surface area (TPSA) is 71.4 Å². The summed E-state index contributed by atoms with van der Waals surface area (Å²) in [6, 6.07) is 8.82. The van der Waals surface area contributed by atoms with Gasteiger partial charge in [-0.15, -0.1) is 0 Å². The Bertz CT molecular complexity index is 933. The Labute approximate surface area is 147 Å². The minimum Gasteiger partial charge on any atom is -0.353 e. The third-order valence-electron chi connectivity index (χ3n) is 5.11. The highest BCUT2D eigenvalue weighted by molar-refractivity contribution is 7.89. The summed E-state index contributed by atoms with van der Waals surface area (Å²) in [5, 5.41) is 2.80. The maximum atomic E-state index is 13.2. The van der Waals surface area contributed by atoms with Gasteiger partial charge in [0.15, 0.2) is 0 Å². The van der Waals surface area contributed by atoms with Gasteiger partial charge in [-0.2, -0.15) is 4.31 Å². The van der Waals surface area contributed by atoms with Crippen LogP contribution in [0.4, 0.5) is 5.69 Å². The van der Waals surface area contributed by atoms with Gasteiger partial charge in [0.05, 0.1) is 10.9 Å². The van der Waals surface area contributed by atoms with Crippen LogP contribution in [0.2, 0.25) is 0 Å². The first-order valence-electron chi connectivity index (χ1n) is 8.53. The van der Waals surface area contributed by atoms with Crippen molar-refractivity contribution in [1.82, 2.24) is 8.87 Å². The SMILES string of the molecule is Cn1cccc1C1CCCN1S(=O)(=O)c1ccc2c(c1)CCC(=O)N2. The number of benzene rings is 1. The number of rotatable bonds is 3. The van der Waals surface area contributed by atoms with Crippen LogP contribution in [-0.2, 0) is 28.3 Å². The second-order valence-corrected chi connectivity index (χ2v) is 8.58. The number of amides is 1. The lowest BCUT2D eigenvalue weighted by Crippen LogP contribution is -2.31. The zero-order chi connectivity index (χ0) is 17.6. The molecule has 1 atom stereocenters. The molecule has 3 heterocycles. The number of aromatic nitrogens is 1. The molecule has 1 unspecified atom stereocenters. The highest BCUT2D eigenvalue weighted by Crippen LogP contribution is 2.37. The first-order valence-corrected chi connectivity index (χ1v) is 9.97. The molecule has 25 heavy (non-hydrogen) atoms. The molecule has 1 N–H and O–H groups in total. The molecule has 1 fully saturated rings. The standard InChI is InChI=1S/C18H21N3O3S/c1-20-10-2-4-16(20)17-5-3-11-21(17)25(23,24)14-7-8-15-13(12-14)6-9-18(22)19-15/h2,4,7-8,10,12,17H,3,5-6,9,11H2,1H3,(H,19,22). The van der Waals surface area contributed by atoms with Crippen LogP contribution in [0.5, 0.6) is 0 Å². The van der Waals surface area contributed by atoms with Crippen LogP contribution in [0.1, 0.15) is 36.6 Å². The molecule has 2 aliphatic rings. The monoisotopic (exact) mass is 359 g/mol. The van der Waals surface area contributed by atoms with Gasteiger partial charge in [-0.25, -0.2) is 8.42 Å². The Morgan fingerprint density at radius 1 is 1.20 bits per heavy atom. The van der Waals surface area contributed by atoms with Gasteiger partial charge in [0.1, 0.15) is 0 Å². The molecule has 0 aliphatic carbocycles. The predicted octanol–water partition coefficient (Wildman–Crippen LogP) is 2.44. The summed E-state index contributed by atoms with van der Waals surface area (Å²) in [5.74, 6) is -0.0218. The maximum Gasteiger partial charge on any atom is 0.243 e. The number of aryl methyl sites for hydroxylation is 2. The molecule has 0 radical (unpaired) electrons. The molecule has 1 aromatic heterocycles. The van der Waals surface area contributed by atoms with Crippen molar-refractivity contribution >= 4 is 21.6 Å². The molecule has 0 bridgehead atoms. The van der Waals surface area contributed by atoms with Crippen LogP contribution < -0.4 is 5.32 Å². The first kappa shape index (κ1) is 16.4. The molecule has 1 amide bonds. The van der Waals surface area contributed by atoms with Crippen LogP contribution in [-0.4, -0.2) is 29.7 Å². The van der Waals surface area contributed by atoms with Crippen molar-refractivity contribution in [1.29, 1.82) is 0 Å². The summed E-state index contributed by atoms with van der Waals surface area (Å²) in [6.45, 7) is 0.534. The van der Waals surface area contributed by atoms with Crippen molar-refractivity contribution in [3.63, 3.8) is 0 Å². The van der Waals surface area contributed by atoms with Crippen LogP contribution in [0.3, 0.4) is 0 Å². The van der Waals surface area contributed by atoms with E-state index < -0.39 is 10.0 Å². The van der Waals surface area contributed by atoms with E-state index in [2.05, 4.69) is 5.32 Å². The second kappa shape index (κ2) is 6.00. The third kappa shape index (κ3) is 2.77. The fourth-order valence-corrected chi connectivity index (χ4v) is 5.52. The number of nitrogens with one attached hydrogen (secondary N) is 1. The van der Waals surface area contributed by atoms with Crippen molar-refractivity contribution in [2.75, 3.05) is 11.9 Å². The van der Waals surface area contributed by atoms with Gasteiger partial charge < -0.3 is 9.88 Å². The smallest absolute Gasteiger partial charge is 0.243 e. The Morgan fingerprint density at radius 2 is 2.04 bits per heavy atom. The molecule has 1 aromatic carbocycles. The first-order chi connectivity index (χ1) is 12.0. The fraction of sp³-hybridized carbons (Fsp3) is 0.389. The Hall–Kier alpha value is -2.12. The fourth-order valence-electron chi connectivity index (χ4n) is 3.80. The van der Waals surface area contributed by atoms with E-state index >= 15 is 0 Å². The highest BCUT2D eigenvalue weighted by Gasteiger charge is 2.37. The van der Waals surface area contributed by atoms with E-state index in [1.165, 1.54) is 0 Å². The van der Waals surface area contributed by atoms with E-state index in [0.717, 1.165) is 29.8 Å². The number of fused-ring (bicyclic) bond motifs is 1. The van der Waals surface area contributed by atoms with Gasteiger partial charge in [-0.1, -0.05) is 0 Å². The van der Waals surface area contributed by atoms with Crippen LogP contribution >= 0.6 is 0 Å². The van der Waals surface area contributed by atoms with Crippen molar-refractivity contribution in [2.24, 2.45) is 7.05 Å². The number of carbonyl (C=O) groups excluding carboxylic acids is 1. The Morgan fingerprint density at radius 3 is 2.80 bits per heavy atom. The average molecular weight is 359 g/mol. The summed E-state index contributed by atoms with van der Waals surface area (Å²) in [7, 11) is -1.63. The normalized spacial score (nSPS) is 21.2. The minimum atomic E-state index is -3.57. The van der Waals surface area contributed by atoms with Gasteiger partial charge >= 0.3 is 0 Å². The zero-order valence-corrected chi connectivity index (χ0v) is 14.9. The molecule has 132 valence electrons. The number of hydrogen-bond donors (Lipinski definition) is 1. The van der Waals surface area contributed by atoms with Gasteiger partial charge in [0, 0.05) is 37.6 Å². The molecule has 4 rings (SSSR count). The summed E-state index contributed by atoms with van der Waals surface area (Å²) >= 11 is 0. The number of nitrogens with zero attached hydrogens (tertiary/aromatic N) is 2. The highest BCUT2D eigenvalue weighted by atomic mass is 32.2. The molecule has 0 spiro atoms. The van der Waals surface area contributed by atoms with Gasteiger partial charge in [-0.05, 0) is 55.2 Å². The van der Waals surface area contributed by atoms with E-state index in [1.807, 2.05) is 29.9 Å². The van der Waals surface area contributed by atoms with E-state index in [-0.39, 0.29) is 11.9 Å². The largest absolute Gasteiger partial charge is 0.353 e. The molecule has 2 aliphatic heterocycles. The number of anilines is 1.